The average molecular weight is 395 g/mol. The zero-order chi connectivity index (χ0) is 20.8. The molecule has 0 aliphatic heterocycles. The van der Waals surface area contributed by atoms with E-state index >= 15 is 0 Å². The summed E-state index contributed by atoms with van der Waals surface area (Å²) in [5, 5.41) is 20.1. The number of nitro groups is 1. The van der Waals surface area contributed by atoms with Gasteiger partial charge in [-0.25, -0.2) is 0 Å². The van der Waals surface area contributed by atoms with Gasteiger partial charge in [-0.15, -0.1) is 0 Å². The molecule has 0 bridgehead atoms. The largest absolute Gasteiger partial charge is 0.467 e. The molecule has 148 valence electrons. The number of hydrogen-bond acceptors (Lipinski definition) is 6. The zero-order valence-corrected chi connectivity index (χ0v) is 15.4. The van der Waals surface area contributed by atoms with Gasteiger partial charge in [-0.2, -0.15) is 5.10 Å². The number of aryl methyl sites for hydroxylation is 1. The molecule has 0 aliphatic carbocycles. The first-order chi connectivity index (χ1) is 13.9. The predicted molar refractivity (Wildman–Crippen MR) is 104 cm³/mol. The minimum absolute atomic E-state index is 0.0520. The van der Waals surface area contributed by atoms with Crippen LogP contribution >= 0.6 is 0 Å². The lowest BCUT2D eigenvalue weighted by Crippen LogP contribution is -2.24. The number of aromatic nitrogens is 2. The summed E-state index contributed by atoms with van der Waals surface area (Å²) in [6, 6.07) is 9.30. The van der Waals surface area contributed by atoms with Crippen LogP contribution in [-0.2, 0) is 18.4 Å². The van der Waals surface area contributed by atoms with Crippen molar-refractivity contribution in [1.29, 1.82) is 0 Å². The van der Waals surface area contributed by atoms with Crippen molar-refractivity contribution < 1.29 is 18.9 Å². The van der Waals surface area contributed by atoms with Gasteiger partial charge in [0.2, 0.25) is 5.91 Å². The summed E-state index contributed by atoms with van der Waals surface area (Å²) in [6.07, 6.45) is 5.66. The molecule has 0 radical (unpaired) electrons. The number of nitrogens with zero attached hydrogens (tertiary/aromatic N) is 3. The van der Waals surface area contributed by atoms with E-state index in [-0.39, 0.29) is 23.6 Å². The molecule has 2 heterocycles. The summed E-state index contributed by atoms with van der Waals surface area (Å²) >= 11 is 0. The van der Waals surface area contributed by atoms with Crippen LogP contribution in [0.4, 0.5) is 11.4 Å². The molecule has 29 heavy (non-hydrogen) atoms. The van der Waals surface area contributed by atoms with E-state index in [1.54, 1.807) is 25.2 Å². The molecule has 10 heteroatoms. The Kier molecular flexibility index (Phi) is 5.83. The molecule has 1 aromatic carbocycles. The molecule has 0 spiro atoms. The molecule has 0 fully saturated rings. The highest BCUT2D eigenvalue weighted by Gasteiger charge is 2.17. The Morgan fingerprint density at radius 1 is 1.31 bits per heavy atom. The normalized spacial score (nSPS) is 10.8. The molecule has 0 saturated carbocycles. The number of carbonyl (C=O) groups is 2. The third-order valence-corrected chi connectivity index (χ3v) is 3.81. The first kappa shape index (κ1) is 19.5. The van der Waals surface area contributed by atoms with Gasteiger partial charge in [0.15, 0.2) is 5.69 Å². The van der Waals surface area contributed by atoms with Gasteiger partial charge in [0, 0.05) is 31.5 Å². The highest BCUT2D eigenvalue weighted by Crippen LogP contribution is 2.16. The van der Waals surface area contributed by atoms with E-state index in [0.717, 1.165) is 0 Å². The molecule has 3 rings (SSSR count). The summed E-state index contributed by atoms with van der Waals surface area (Å²) in [5.74, 6) is -0.399. The van der Waals surface area contributed by atoms with E-state index in [1.165, 1.54) is 47.5 Å². The van der Waals surface area contributed by atoms with Gasteiger partial charge in [-0.1, -0.05) is 12.1 Å². The quantitative estimate of drug-likeness (QED) is 0.359. The summed E-state index contributed by atoms with van der Waals surface area (Å²) in [4.78, 5) is 34.9. The SMILES string of the molecule is Cn1cc(NC(=O)/C=C/c2cccc([N+](=O)[O-])c2)c(C(=O)NCc2ccco2)n1. The minimum Gasteiger partial charge on any atom is -0.467 e. The monoisotopic (exact) mass is 395 g/mol. The lowest BCUT2D eigenvalue weighted by molar-refractivity contribution is -0.384. The van der Waals surface area contributed by atoms with Gasteiger partial charge < -0.3 is 15.1 Å². The lowest BCUT2D eigenvalue weighted by atomic mass is 10.2. The third kappa shape index (κ3) is 5.16. The number of nitrogens with one attached hydrogen (secondary N) is 2. The van der Waals surface area contributed by atoms with Crippen molar-refractivity contribution in [3.05, 3.63) is 82.1 Å². The highest BCUT2D eigenvalue weighted by atomic mass is 16.6. The van der Waals surface area contributed by atoms with Crippen molar-refractivity contribution in [2.45, 2.75) is 6.54 Å². The first-order valence-electron chi connectivity index (χ1n) is 8.50. The second kappa shape index (κ2) is 8.65. The maximum Gasteiger partial charge on any atom is 0.274 e. The van der Waals surface area contributed by atoms with Crippen LogP contribution in [0.5, 0.6) is 0 Å². The van der Waals surface area contributed by atoms with Crippen LogP contribution in [0.2, 0.25) is 0 Å². The van der Waals surface area contributed by atoms with Gasteiger partial charge in [0.25, 0.3) is 11.6 Å². The van der Waals surface area contributed by atoms with Crippen LogP contribution in [0, 0.1) is 10.1 Å². The van der Waals surface area contributed by atoms with Crippen LogP contribution in [-0.4, -0.2) is 26.5 Å². The summed E-state index contributed by atoms with van der Waals surface area (Å²) in [7, 11) is 1.62. The zero-order valence-electron chi connectivity index (χ0n) is 15.4. The minimum atomic E-state index is -0.513. The van der Waals surface area contributed by atoms with Crippen molar-refractivity contribution >= 4 is 29.3 Å². The Balaban J connectivity index is 1.66. The van der Waals surface area contributed by atoms with Crippen molar-refractivity contribution in [3.8, 4) is 0 Å². The van der Waals surface area contributed by atoms with Gasteiger partial charge >= 0.3 is 0 Å². The van der Waals surface area contributed by atoms with Crippen molar-refractivity contribution in [1.82, 2.24) is 15.1 Å². The number of anilines is 1. The number of hydrogen-bond donors (Lipinski definition) is 2. The molecule has 0 saturated heterocycles. The number of amides is 2. The number of rotatable bonds is 7. The number of non-ortho nitro benzene ring substituents is 1. The van der Waals surface area contributed by atoms with Crippen molar-refractivity contribution in [3.63, 3.8) is 0 Å². The molecule has 0 aliphatic rings. The summed E-state index contributed by atoms with van der Waals surface area (Å²) in [6.45, 7) is 0.183. The molecule has 2 aromatic heterocycles. The van der Waals surface area contributed by atoms with E-state index in [4.69, 9.17) is 4.42 Å². The first-order valence-corrected chi connectivity index (χ1v) is 8.50. The van der Waals surface area contributed by atoms with Crippen LogP contribution in [0.3, 0.4) is 0 Å². The topological polar surface area (TPSA) is 132 Å². The average Bonchev–Trinajstić information content (AvgIpc) is 3.34. The fraction of sp³-hybridized carbons (Fsp3) is 0.105. The molecular weight excluding hydrogens is 378 g/mol. The van der Waals surface area contributed by atoms with Gasteiger partial charge in [-0.05, 0) is 23.8 Å². The summed E-state index contributed by atoms with van der Waals surface area (Å²) in [5.41, 5.74) is 0.710. The van der Waals surface area contributed by atoms with E-state index < -0.39 is 16.7 Å². The van der Waals surface area contributed by atoms with E-state index in [0.29, 0.717) is 11.3 Å². The smallest absolute Gasteiger partial charge is 0.274 e. The standard InChI is InChI=1S/C19H17N5O5/c1-23-12-16(18(22-23)19(26)20-11-15-6-3-9-29-15)21-17(25)8-7-13-4-2-5-14(10-13)24(27)28/h2-10,12H,11H2,1H3,(H,20,26)(H,21,25)/b8-7+. The Labute approximate surface area is 165 Å². The van der Waals surface area contributed by atoms with Crippen LogP contribution in [0.15, 0.2) is 59.4 Å². The highest BCUT2D eigenvalue weighted by molar-refractivity contribution is 6.06. The fourth-order valence-electron chi connectivity index (χ4n) is 2.50. The van der Waals surface area contributed by atoms with Crippen molar-refractivity contribution in [2.24, 2.45) is 7.05 Å². The number of carbonyl (C=O) groups excluding carboxylic acids is 2. The van der Waals surface area contributed by atoms with Crippen LogP contribution in [0.25, 0.3) is 6.08 Å². The molecule has 2 N–H and O–H groups in total. The van der Waals surface area contributed by atoms with E-state index in [9.17, 15) is 19.7 Å². The molecule has 3 aromatic rings. The molecule has 0 unspecified atom stereocenters. The van der Waals surface area contributed by atoms with Crippen LogP contribution < -0.4 is 10.6 Å². The van der Waals surface area contributed by atoms with Crippen molar-refractivity contribution in [2.75, 3.05) is 5.32 Å². The van der Waals surface area contributed by atoms with E-state index in [1.807, 2.05) is 0 Å². The van der Waals surface area contributed by atoms with Crippen LogP contribution in [0.1, 0.15) is 21.8 Å². The predicted octanol–water partition coefficient (Wildman–Crippen LogP) is 2.50. The molecule has 10 nitrogen and oxygen atoms in total. The number of furan rings is 1. The van der Waals surface area contributed by atoms with Gasteiger partial charge in [0.05, 0.1) is 23.4 Å². The maximum absolute atomic E-state index is 12.4. The van der Waals surface area contributed by atoms with Gasteiger partial charge in [0.1, 0.15) is 5.76 Å². The second-order valence-electron chi connectivity index (χ2n) is 6.00. The van der Waals surface area contributed by atoms with E-state index in [2.05, 4.69) is 15.7 Å². The number of nitro benzene ring substituents is 1. The lowest BCUT2D eigenvalue weighted by Gasteiger charge is -2.04. The molecule has 2 amide bonds. The van der Waals surface area contributed by atoms with Gasteiger partial charge in [-0.3, -0.25) is 24.4 Å². The Bertz CT molecular complexity index is 1070. The second-order valence-corrected chi connectivity index (χ2v) is 6.00. The molecular formula is C19H17N5O5. The maximum atomic E-state index is 12.4. The number of benzene rings is 1. The summed E-state index contributed by atoms with van der Waals surface area (Å²) < 4.78 is 6.56. The Morgan fingerprint density at radius 2 is 2.14 bits per heavy atom. The Morgan fingerprint density at radius 3 is 2.86 bits per heavy atom. The third-order valence-electron chi connectivity index (χ3n) is 3.81. The Hall–Kier alpha value is -4.21. The molecule has 0 atom stereocenters. The fourth-order valence-corrected chi connectivity index (χ4v) is 2.50.